The Morgan fingerprint density at radius 1 is 1.20 bits per heavy atom. The molecule has 0 radical (unpaired) electrons. The number of rotatable bonds is 7. The van der Waals surface area contributed by atoms with Crippen molar-refractivity contribution in [3.8, 4) is 0 Å². The molecule has 1 aliphatic heterocycles. The van der Waals surface area contributed by atoms with Crippen LogP contribution in [-0.4, -0.2) is 36.4 Å². The first-order chi connectivity index (χ1) is 12.0. The lowest BCUT2D eigenvalue weighted by molar-refractivity contribution is -0.136. The number of hydrogen-bond acceptors (Lipinski definition) is 4. The van der Waals surface area contributed by atoms with Crippen molar-refractivity contribution in [2.75, 3.05) is 6.54 Å². The van der Waals surface area contributed by atoms with E-state index < -0.39 is 16.0 Å². The highest BCUT2D eigenvalue weighted by Crippen LogP contribution is 2.32. The molecular formula is C18H21NO4S2. The molecule has 7 heteroatoms. The number of sulfonamides is 1. The van der Waals surface area contributed by atoms with E-state index in [9.17, 15) is 13.2 Å². The third kappa shape index (κ3) is 4.29. The quantitative estimate of drug-likeness (QED) is 0.802. The zero-order valence-corrected chi connectivity index (χ0v) is 15.4. The Morgan fingerprint density at radius 3 is 2.68 bits per heavy atom. The van der Waals surface area contributed by atoms with Crippen LogP contribution in [0.4, 0.5) is 0 Å². The van der Waals surface area contributed by atoms with E-state index in [4.69, 9.17) is 5.11 Å². The number of nitrogens with zero attached hydrogens (tertiary/aromatic N) is 1. The van der Waals surface area contributed by atoms with Crippen LogP contribution in [0.5, 0.6) is 0 Å². The van der Waals surface area contributed by atoms with Gasteiger partial charge in [0.05, 0.1) is 6.42 Å². The number of benzene rings is 1. The van der Waals surface area contributed by atoms with Gasteiger partial charge in [-0.05, 0) is 43.4 Å². The fraction of sp³-hybridized carbons (Fsp3) is 0.389. The molecule has 1 fully saturated rings. The Kier molecular flexibility index (Phi) is 5.56. The Bertz CT molecular complexity index is 830. The van der Waals surface area contributed by atoms with E-state index in [1.54, 1.807) is 10.4 Å². The molecule has 2 heterocycles. The largest absolute Gasteiger partial charge is 0.481 e. The number of carbonyl (C=O) groups is 1. The van der Waals surface area contributed by atoms with Crippen molar-refractivity contribution < 1.29 is 18.3 Å². The van der Waals surface area contributed by atoms with Crippen LogP contribution < -0.4 is 0 Å². The molecule has 5 nitrogen and oxygen atoms in total. The highest BCUT2D eigenvalue weighted by atomic mass is 32.2. The lowest BCUT2D eigenvalue weighted by Crippen LogP contribution is -2.35. The molecule has 3 rings (SSSR count). The average Bonchev–Trinajstić information content (AvgIpc) is 3.23. The van der Waals surface area contributed by atoms with Gasteiger partial charge in [0.1, 0.15) is 4.21 Å². The summed E-state index contributed by atoms with van der Waals surface area (Å²) in [4.78, 5) is 11.4. The summed E-state index contributed by atoms with van der Waals surface area (Å²) >= 11 is 1.06. The lowest BCUT2D eigenvalue weighted by Gasteiger charge is -2.23. The molecule has 1 atom stereocenters. The minimum absolute atomic E-state index is 0.00947. The first-order valence-corrected chi connectivity index (χ1v) is 10.6. The van der Waals surface area contributed by atoms with Gasteiger partial charge in [-0.2, -0.15) is 4.31 Å². The SMILES string of the molecule is O=C(O)Cc1ccc(S(=O)(=O)N2CCCC2CCc2ccccc2)s1. The van der Waals surface area contributed by atoms with Gasteiger partial charge in [0.2, 0.25) is 0 Å². The van der Waals surface area contributed by atoms with E-state index in [2.05, 4.69) is 12.1 Å². The number of aliphatic carboxylic acids is 1. The fourth-order valence-electron chi connectivity index (χ4n) is 3.25. The number of carboxylic acid groups (broad SMARTS) is 1. The molecular weight excluding hydrogens is 358 g/mol. The molecule has 134 valence electrons. The molecule has 1 aromatic heterocycles. The van der Waals surface area contributed by atoms with Crippen molar-refractivity contribution >= 4 is 27.3 Å². The molecule has 1 aliphatic rings. The molecule has 1 saturated heterocycles. The molecule has 0 saturated carbocycles. The zero-order valence-electron chi connectivity index (χ0n) is 13.8. The first kappa shape index (κ1) is 18.1. The molecule has 25 heavy (non-hydrogen) atoms. The first-order valence-electron chi connectivity index (χ1n) is 8.33. The van der Waals surface area contributed by atoms with Crippen molar-refractivity contribution in [2.45, 2.75) is 42.4 Å². The molecule has 0 amide bonds. The van der Waals surface area contributed by atoms with Gasteiger partial charge in [-0.1, -0.05) is 30.3 Å². The Balaban J connectivity index is 1.71. The van der Waals surface area contributed by atoms with Gasteiger partial charge in [-0.15, -0.1) is 11.3 Å². The maximum absolute atomic E-state index is 12.9. The van der Waals surface area contributed by atoms with E-state index in [0.29, 0.717) is 11.4 Å². The number of hydrogen-bond donors (Lipinski definition) is 1. The summed E-state index contributed by atoms with van der Waals surface area (Å²) in [5.41, 5.74) is 1.21. The number of aryl methyl sites for hydroxylation is 1. The van der Waals surface area contributed by atoms with Crippen LogP contribution in [-0.2, 0) is 27.7 Å². The van der Waals surface area contributed by atoms with Gasteiger partial charge < -0.3 is 5.11 Å². The third-order valence-corrected chi connectivity index (χ3v) is 7.96. The molecule has 2 aromatic rings. The maximum Gasteiger partial charge on any atom is 0.308 e. The van der Waals surface area contributed by atoms with Crippen molar-refractivity contribution in [1.29, 1.82) is 0 Å². The van der Waals surface area contributed by atoms with Crippen LogP contribution in [0.25, 0.3) is 0 Å². The Morgan fingerprint density at radius 2 is 1.96 bits per heavy atom. The highest BCUT2D eigenvalue weighted by Gasteiger charge is 2.35. The van der Waals surface area contributed by atoms with E-state index in [-0.39, 0.29) is 16.7 Å². The van der Waals surface area contributed by atoms with Gasteiger partial charge in [0, 0.05) is 17.5 Å². The molecule has 0 spiro atoms. The smallest absolute Gasteiger partial charge is 0.308 e. The van der Waals surface area contributed by atoms with Crippen molar-refractivity contribution in [2.24, 2.45) is 0 Å². The van der Waals surface area contributed by atoms with Crippen LogP contribution in [0.2, 0.25) is 0 Å². The van der Waals surface area contributed by atoms with E-state index in [0.717, 1.165) is 37.0 Å². The highest BCUT2D eigenvalue weighted by molar-refractivity contribution is 7.91. The summed E-state index contributed by atoms with van der Waals surface area (Å²) in [6.07, 6.45) is 3.26. The normalized spacial score (nSPS) is 18.5. The average molecular weight is 380 g/mol. The number of carboxylic acids is 1. The van der Waals surface area contributed by atoms with Crippen molar-refractivity contribution in [3.05, 3.63) is 52.9 Å². The maximum atomic E-state index is 12.9. The second-order valence-corrected chi connectivity index (χ2v) is 9.51. The van der Waals surface area contributed by atoms with E-state index in [1.807, 2.05) is 18.2 Å². The predicted octanol–water partition coefficient (Wildman–Crippen LogP) is 3.16. The van der Waals surface area contributed by atoms with Crippen LogP contribution in [0, 0.1) is 0 Å². The summed E-state index contributed by atoms with van der Waals surface area (Å²) in [7, 11) is -3.55. The van der Waals surface area contributed by atoms with Gasteiger partial charge in [0.15, 0.2) is 0 Å². The van der Waals surface area contributed by atoms with Crippen molar-refractivity contribution in [1.82, 2.24) is 4.31 Å². The Labute approximate surface area is 152 Å². The Hall–Kier alpha value is -1.70. The molecule has 1 aromatic carbocycles. The van der Waals surface area contributed by atoms with Crippen LogP contribution in [0.1, 0.15) is 29.7 Å². The topological polar surface area (TPSA) is 74.7 Å². The summed E-state index contributed by atoms with van der Waals surface area (Å²) in [5, 5.41) is 8.86. The summed E-state index contributed by atoms with van der Waals surface area (Å²) in [6, 6.07) is 13.2. The third-order valence-electron chi connectivity index (χ3n) is 4.46. The van der Waals surface area contributed by atoms with E-state index >= 15 is 0 Å². The van der Waals surface area contributed by atoms with Crippen LogP contribution >= 0.6 is 11.3 Å². The zero-order chi connectivity index (χ0) is 17.9. The molecule has 0 bridgehead atoms. The monoisotopic (exact) mass is 379 g/mol. The summed E-state index contributed by atoms with van der Waals surface area (Å²) in [6.45, 7) is 0.536. The summed E-state index contributed by atoms with van der Waals surface area (Å²) in [5.74, 6) is -0.951. The standard InChI is InChI=1S/C18H21NO4S2/c20-17(21)13-16-10-11-18(24-16)25(22,23)19-12-4-7-15(19)9-8-14-5-2-1-3-6-14/h1-3,5-6,10-11,15H,4,7-9,12-13H2,(H,20,21). The second-order valence-electron chi connectivity index (χ2n) is 6.23. The van der Waals surface area contributed by atoms with Crippen molar-refractivity contribution in [3.63, 3.8) is 0 Å². The fourth-order valence-corrected chi connectivity index (χ4v) is 6.45. The summed E-state index contributed by atoms with van der Waals surface area (Å²) < 4.78 is 27.7. The molecule has 1 unspecified atom stereocenters. The predicted molar refractivity (Wildman–Crippen MR) is 97.3 cm³/mol. The van der Waals surface area contributed by atoms with Gasteiger partial charge in [0.25, 0.3) is 10.0 Å². The number of thiophene rings is 1. The van der Waals surface area contributed by atoms with Gasteiger partial charge in [-0.25, -0.2) is 8.42 Å². The lowest BCUT2D eigenvalue weighted by atomic mass is 10.0. The van der Waals surface area contributed by atoms with Crippen LogP contribution in [0.3, 0.4) is 0 Å². The van der Waals surface area contributed by atoms with Gasteiger partial charge in [-0.3, -0.25) is 4.79 Å². The minimum Gasteiger partial charge on any atom is -0.481 e. The minimum atomic E-state index is -3.55. The molecule has 1 N–H and O–H groups in total. The van der Waals surface area contributed by atoms with Crippen LogP contribution in [0.15, 0.2) is 46.7 Å². The van der Waals surface area contributed by atoms with Gasteiger partial charge >= 0.3 is 5.97 Å². The second kappa shape index (κ2) is 7.68. The van der Waals surface area contributed by atoms with E-state index in [1.165, 1.54) is 11.6 Å². The molecule has 0 aliphatic carbocycles.